The average molecular weight is 352 g/mol. The van der Waals surface area contributed by atoms with Gasteiger partial charge in [0.2, 0.25) is 5.91 Å². The van der Waals surface area contributed by atoms with Crippen molar-refractivity contribution in [3.05, 3.63) is 51.9 Å². The van der Waals surface area contributed by atoms with Crippen molar-refractivity contribution in [2.24, 2.45) is 0 Å². The number of nitrogens with zero attached hydrogens (tertiary/aromatic N) is 2. The molecule has 2 fully saturated rings. The lowest BCUT2D eigenvalue weighted by molar-refractivity contribution is -0.121. The molecular formula is C20H24N4O2. The molecule has 0 spiro atoms. The summed E-state index contributed by atoms with van der Waals surface area (Å²) in [6.07, 6.45) is 4.44. The van der Waals surface area contributed by atoms with E-state index >= 15 is 0 Å². The number of hydrogen-bond donors (Lipinski definition) is 2. The van der Waals surface area contributed by atoms with Crippen LogP contribution in [-0.4, -0.2) is 40.4 Å². The first kappa shape index (κ1) is 17.0. The summed E-state index contributed by atoms with van der Waals surface area (Å²) in [7, 11) is 0. The number of hydrogen-bond acceptors (Lipinski definition) is 4. The van der Waals surface area contributed by atoms with E-state index in [0.29, 0.717) is 18.3 Å². The third-order valence-corrected chi connectivity index (χ3v) is 5.26. The van der Waals surface area contributed by atoms with Crippen LogP contribution in [0.4, 0.5) is 0 Å². The number of aromatic amines is 1. The van der Waals surface area contributed by atoms with Crippen molar-refractivity contribution in [2.75, 3.05) is 19.6 Å². The van der Waals surface area contributed by atoms with Gasteiger partial charge in [0.05, 0.1) is 12.2 Å². The van der Waals surface area contributed by atoms with Gasteiger partial charge in [-0.1, -0.05) is 30.7 Å². The van der Waals surface area contributed by atoms with Crippen molar-refractivity contribution in [3.63, 3.8) is 0 Å². The zero-order chi connectivity index (χ0) is 17.9. The molecule has 0 atom stereocenters. The lowest BCUT2D eigenvalue weighted by Crippen LogP contribution is -2.32. The number of nitrogens with one attached hydrogen (secondary N) is 2. The summed E-state index contributed by atoms with van der Waals surface area (Å²) in [4.78, 5) is 33.3. The van der Waals surface area contributed by atoms with E-state index in [1.807, 2.05) is 24.3 Å². The molecule has 26 heavy (non-hydrogen) atoms. The SMILES string of the molecule is O=C1CN(Cc2ccc(-c3nc(C4CCC4)cc(=O)[nH]3)cc2)CCCN1. The first-order valence-corrected chi connectivity index (χ1v) is 9.37. The van der Waals surface area contributed by atoms with Crippen LogP contribution < -0.4 is 10.9 Å². The third-order valence-electron chi connectivity index (χ3n) is 5.26. The molecule has 4 rings (SSSR count). The van der Waals surface area contributed by atoms with Gasteiger partial charge in [-0.25, -0.2) is 4.98 Å². The molecule has 0 radical (unpaired) electrons. The highest BCUT2D eigenvalue weighted by Crippen LogP contribution is 2.35. The predicted molar refractivity (Wildman–Crippen MR) is 99.8 cm³/mol. The van der Waals surface area contributed by atoms with Crippen molar-refractivity contribution >= 4 is 5.91 Å². The molecule has 0 bridgehead atoms. The van der Waals surface area contributed by atoms with Gasteiger partial charge in [0.15, 0.2) is 0 Å². The number of aromatic nitrogens is 2. The normalized spacial score (nSPS) is 18.8. The smallest absolute Gasteiger partial charge is 0.251 e. The Morgan fingerprint density at radius 3 is 2.65 bits per heavy atom. The molecule has 6 nitrogen and oxygen atoms in total. The molecule has 1 aromatic carbocycles. The van der Waals surface area contributed by atoms with Crippen LogP contribution in [0.15, 0.2) is 35.1 Å². The van der Waals surface area contributed by atoms with Crippen molar-refractivity contribution in [3.8, 4) is 11.4 Å². The van der Waals surface area contributed by atoms with E-state index in [1.165, 1.54) is 6.42 Å². The van der Waals surface area contributed by atoms with E-state index in [0.717, 1.165) is 55.7 Å². The number of carbonyl (C=O) groups excluding carboxylic acids is 1. The second-order valence-corrected chi connectivity index (χ2v) is 7.26. The van der Waals surface area contributed by atoms with Gasteiger partial charge in [-0.3, -0.25) is 14.5 Å². The number of rotatable bonds is 4. The largest absolute Gasteiger partial charge is 0.355 e. The number of amides is 1. The molecule has 0 unspecified atom stereocenters. The van der Waals surface area contributed by atoms with Crippen molar-refractivity contribution in [2.45, 2.75) is 38.1 Å². The van der Waals surface area contributed by atoms with E-state index in [1.54, 1.807) is 6.07 Å². The first-order chi connectivity index (χ1) is 12.7. The Morgan fingerprint density at radius 2 is 1.92 bits per heavy atom. The quantitative estimate of drug-likeness (QED) is 0.882. The van der Waals surface area contributed by atoms with Gasteiger partial charge < -0.3 is 10.3 Å². The van der Waals surface area contributed by atoms with Crippen LogP contribution in [0.1, 0.15) is 42.9 Å². The number of H-pyrrole nitrogens is 1. The van der Waals surface area contributed by atoms with Crippen LogP contribution in [0, 0.1) is 0 Å². The second kappa shape index (κ2) is 7.41. The molecule has 1 aliphatic carbocycles. The molecular weight excluding hydrogens is 328 g/mol. The Kier molecular flexibility index (Phi) is 4.84. The maximum atomic E-state index is 12.0. The summed E-state index contributed by atoms with van der Waals surface area (Å²) in [5.41, 5.74) is 2.90. The molecule has 2 aromatic rings. The van der Waals surface area contributed by atoms with Crippen LogP contribution >= 0.6 is 0 Å². The fourth-order valence-corrected chi connectivity index (χ4v) is 3.56. The maximum absolute atomic E-state index is 12.0. The molecule has 2 aliphatic rings. The molecule has 1 saturated heterocycles. The van der Waals surface area contributed by atoms with Gasteiger partial charge in [-0.15, -0.1) is 0 Å². The van der Waals surface area contributed by atoms with Crippen molar-refractivity contribution in [1.82, 2.24) is 20.2 Å². The maximum Gasteiger partial charge on any atom is 0.251 e. The fourth-order valence-electron chi connectivity index (χ4n) is 3.56. The lowest BCUT2D eigenvalue weighted by atomic mass is 9.83. The summed E-state index contributed by atoms with van der Waals surface area (Å²) in [6, 6.07) is 9.72. The predicted octanol–water partition coefficient (Wildman–Crippen LogP) is 2.03. The molecule has 2 heterocycles. The van der Waals surface area contributed by atoms with Crippen LogP contribution in [0.2, 0.25) is 0 Å². The molecule has 1 amide bonds. The monoisotopic (exact) mass is 352 g/mol. The first-order valence-electron chi connectivity index (χ1n) is 9.37. The molecule has 136 valence electrons. The molecule has 2 N–H and O–H groups in total. The number of benzene rings is 1. The zero-order valence-corrected chi connectivity index (χ0v) is 14.8. The summed E-state index contributed by atoms with van der Waals surface area (Å²) in [6.45, 7) is 2.86. The van der Waals surface area contributed by atoms with Gasteiger partial charge >= 0.3 is 0 Å². The molecule has 1 aliphatic heterocycles. The van der Waals surface area contributed by atoms with Crippen LogP contribution in [-0.2, 0) is 11.3 Å². The van der Waals surface area contributed by atoms with E-state index in [-0.39, 0.29) is 11.5 Å². The highest BCUT2D eigenvalue weighted by atomic mass is 16.2. The summed E-state index contributed by atoms with van der Waals surface area (Å²) in [5.74, 6) is 1.17. The highest BCUT2D eigenvalue weighted by Gasteiger charge is 2.22. The Balaban J connectivity index is 1.50. The average Bonchev–Trinajstić information content (AvgIpc) is 2.77. The number of carbonyl (C=O) groups is 1. The lowest BCUT2D eigenvalue weighted by Gasteiger charge is -2.24. The van der Waals surface area contributed by atoms with E-state index in [4.69, 9.17) is 0 Å². The Hall–Kier alpha value is -2.47. The minimum absolute atomic E-state index is 0.0865. The van der Waals surface area contributed by atoms with Gasteiger partial charge in [-0.2, -0.15) is 0 Å². The third kappa shape index (κ3) is 3.85. The summed E-state index contributed by atoms with van der Waals surface area (Å²) >= 11 is 0. The van der Waals surface area contributed by atoms with E-state index < -0.39 is 0 Å². The zero-order valence-electron chi connectivity index (χ0n) is 14.8. The van der Waals surface area contributed by atoms with Crippen LogP contribution in [0.5, 0.6) is 0 Å². The van der Waals surface area contributed by atoms with E-state index in [9.17, 15) is 9.59 Å². The minimum atomic E-state index is -0.0865. The Labute approximate surface area is 152 Å². The summed E-state index contributed by atoms with van der Waals surface area (Å²) < 4.78 is 0. The van der Waals surface area contributed by atoms with Crippen LogP contribution in [0.25, 0.3) is 11.4 Å². The highest BCUT2D eigenvalue weighted by molar-refractivity contribution is 5.78. The molecule has 6 heteroatoms. The van der Waals surface area contributed by atoms with E-state index in [2.05, 4.69) is 20.2 Å². The topological polar surface area (TPSA) is 78.1 Å². The Bertz CT molecular complexity index is 840. The molecule has 1 saturated carbocycles. The standard InChI is InChI=1S/C20H24N4O2/c25-18-11-17(15-3-1-4-15)22-20(23-18)16-7-5-14(6-8-16)12-24-10-2-9-21-19(26)13-24/h5-8,11,15H,1-4,9-10,12-13H2,(H,21,26)(H,22,23,25). The van der Waals surface area contributed by atoms with Crippen molar-refractivity contribution in [1.29, 1.82) is 0 Å². The van der Waals surface area contributed by atoms with Gasteiger partial charge in [-0.05, 0) is 24.8 Å². The molecule has 1 aromatic heterocycles. The van der Waals surface area contributed by atoms with Gasteiger partial charge in [0.1, 0.15) is 5.82 Å². The summed E-state index contributed by atoms with van der Waals surface area (Å²) in [5, 5.41) is 2.90. The minimum Gasteiger partial charge on any atom is -0.355 e. The fraction of sp³-hybridized carbons (Fsp3) is 0.450. The van der Waals surface area contributed by atoms with Crippen LogP contribution in [0.3, 0.4) is 0 Å². The van der Waals surface area contributed by atoms with Gasteiger partial charge in [0.25, 0.3) is 5.56 Å². The second-order valence-electron chi connectivity index (χ2n) is 7.26. The Morgan fingerprint density at radius 1 is 1.12 bits per heavy atom. The van der Waals surface area contributed by atoms with Crippen molar-refractivity contribution < 1.29 is 4.79 Å². The van der Waals surface area contributed by atoms with Gasteiger partial charge in [0, 0.05) is 37.2 Å².